The first-order valence-electron chi connectivity index (χ1n) is 4.62. The van der Waals surface area contributed by atoms with E-state index in [0.29, 0.717) is 6.07 Å². The first kappa shape index (κ1) is 14.2. The molecule has 0 bridgehead atoms. The first-order valence-corrected chi connectivity index (χ1v) is 5.00. The van der Waals surface area contributed by atoms with Crippen LogP contribution in [0.1, 0.15) is 23.6 Å². The second-order valence-corrected chi connectivity index (χ2v) is 3.88. The molecule has 0 amide bonds. The molecular formula is C10H9ClF5N. The predicted octanol–water partition coefficient (Wildman–Crippen LogP) is 4.01. The highest BCUT2D eigenvalue weighted by Gasteiger charge is 2.33. The number of halogens is 6. The molecule has 0 radical (unpaired) electrons. The van der Waals surface area contributed by atoms with Crippen LogP contribution in [-0.2, 0) is 6.18 Å². The van der Waals surface area contributed by atoms with Crippen molar-refractivity contribution in [3.05, 3.63) is 34.3 Å². The van der Waals surface area contributed by atoms with E-state index in [-0.39, 0.29) is 5.56 Å². The molecule has 17 heavy (non-hydrogen) atoms. The van der Waals surface area contributed by atoms with E-state index in [1.54, 1.807) is 0 Å². The Morgan fingerprint density at radius 2 is 1.82 bits per heavy atom. The number of hydrogen-bond donors (Lipinski definition) is 1. The minimum absolute atomic E-state index is 0.0120. The van der Waals surface area contributed by atoms with Crippen molar-refractivity contribution in [2.45, 2.75) is 25.1 Å². The zero-order chi connectivity index (χ0) is 13.2. The van der Waals surface area contributed by atoms with Gasteiger partial charge < -0.3 is 5.73 Å². The van der Waals surface area contributed by atoms with Gasteiger partial charge in [0.2, 0.25) is 6.43 Å². The van der Waals surface area contributed by atoms with E-state index in [1.807, 2.05) is 0 Å². The Morgan fingerprint density at radius 1 is 1.24 bits per heavy atom. The summed E-state index contributed by atoms with van der Waals surface area (Å²) < 4.78 is 61.6. The van der Waals surface area contributed by atoms with Crippen molar-refractivity contribution >= 4 is 11.6 Å². The third-order valence-electron chi connectivity index (χ3n) is 2.16. The molecular weight excluding hydrogens is 265 g/mol. The molecule has 0 aliphatic heterocycles. The summed E-state index contributed by atoms with van der Waals surface area (Å²) in [6, 6.07) is 1.78. The van der Waals surface area contributed by atoms with Gasteiger partial charge in [0.15, 0.2) is 0 Å². The van der Waals surface area contributed by atoms with Gasteiger partial charge in [0.25, 0.3) is 0 Å². The maximum absolute atomic E-state index is 12.5. The van der Waals surface area contributed by atoms with E-state index in [1.165, 1.54) is 6.07 Å². The summed E-state index contributed by atoms with van der Waals surface area (Å²) in [4.78, 5) is 0. The maximum Gasteiger partial charge on any atom is 0.417 e. The molecule has 0 spiro atoms. The fourth-order valence-corrected chi connectivity index (χ4v) is 1.54. The lowest BCUT2D eigenvalue weighted by molar-refractivity contribution is -0.137. The fraction of sp³-hybridized carbons (Fsp3) is 0.400. The monoisotopic (exact) mass is 273 g/mol. The quantitative estimate of drug-likeness (QED) is 0.827. The SMILES string of the molecule is N[C@@H](CC(F)F)c1ccc(Cl)c(C(F)(F)F)c1. The Kier molecular flexibility index (Phi) is 4.32. The van der Waals surface area contributed by atoms with Crippen LogP contribution in [-0.4, -0.2) is 6.43 Å². The second-order valence-electron chi connectivity index (χ2n) is 3.47. The fourth-order valence-electron chi connectivity index (χ4n) is 1.32. The molecule has 1 nitrogen and oxygen atoms in total. The van der Waals surface area contributed by atoms with Gasteiger partial charge in [-0.2, -0.15) is 13.2 Å². The van der Waals surface area contributed by atoms with Crippen LogP contribution < -0.4 is 5.73 Å². The van der Waals surface area contributed by atoms with Gasteiger partial charge in [-0.15, -0.1) is 0 Å². The van der Waals surface area contributed by atoms with Crippen LogP contribution in [0.5, 0.6) is 0 Å². The lowest BCUT2D eigenvalue weighted by Crippen LogP contribution is -2.15. The highest BCUT2D eigenvalue weighted by Crippen LogP contribution is 2.36. The molecule has 0 aliphatic rings. The molecule has 1 rings (SSSR count). The zero-order valence-corrected chi connectivity index (χ0v) is 9.19. The third kappa shape index (κ3) is 3.81. The van der Waals surface area contributed by atoms with Crippen LogP contribution in [0.15, 0.2) is 18.2 Å². The molecule has 1 atom stereocenters. The van der Waals surface area contributed by atoms with E-state index in [9.17, 15) is 22.0 Å². The maximum atomic E-state index is 12.5. The second kappa shape index (κ2) is 5.18. The van der Waals surface area contributed by atoms with Gasteiger partial charge in [0.1, 0.15) is 0 Å². The van der Waals surface area contributed by atoms with Crippen molar-refractivity contribution in [2.75, 3.05) is 0 Å². The minimum atomic E-state index is -4.63. The van der Waals surface area contributed by atoms with Crippen molar-refractivity contribution in [3.63, 3.8) is 0 Å². The molecule has 0 unspecified atom stereocenters. The van der Waals surface area contributed by atoms with E-state index in [4.69, 9.17) is 17.3 Å². The molecule has 7 heteroatoms. The van der Waals surface area contributed by atoms with E-state index in [2.05, 4.69) is 0 Å². The van der Waals surface area contributed by atoms with Gasteiger partial charge in [-0.3, -0.25) is 0 Å². The normalized spacial score (nSPS) is 14.1. The van der Waals surface area contributed by atoms with Gasteiger partial charge in [0, 0.05) is 12.5 Å². The number of rotatable bonds is 3. The molecule has 0 aromatic heterocycles. The molecule has 96 valence electrons. The summed E-state index contributed by atoms with van der Waals surface area (Å²) in [5.74, 6) is 0. The average molecular weight is 274 g/mol. The van der Waals surface area contributed by atoms with Crippen LogP contribution >= 0.6 is 11.6 Å². The third-order valence-corrected chi connectivity index (χ3v) is 2.49. The average Bonchev–Trinajstić information content (AvgIpc) is 2.15. The summed E-state index contributed by atoms with van der Waals surface area (Å²) >= 11 is 5.38. The van der Waals surface area contributed by atoms with E-state index < -0.39 is 35.7 Å². The van der Waals surface area contributed by atoms with Crippen molar-refractivity contribution < 1.29 is 22.0 Å². The van der Waals surface area contributed by atoms with Gasteiger partial charge in [-0.1, -0.05) is 17.7 Å². The first-order chi connectivity index (χ1) is 7.71. The van der Waals surface area contributed by atoms with Gasteiger partial charge in [0.05, 0.1) is 10.6 Å². The molecule has 2 N–H and O–H groups in total. The number of hydrogen-bond acceptors (Lipinski definition) is 1. The smallest absolute Gasteiger partial charge is 0.324 e. The van der Waals surface area contributed by atoms with E-state index in [0.717, 1.165) is 6.07 Å². The highest BCUT2D eigenvalue weighted by atomic mass is 35.5. The summed E-state index contributed by atoms with van der Waals surface area (Å²) in [5.41, 5.74) is 4.29. The van der Waals surface area contributed by atoms with E-state index >= 15 is 0 Å². The summed E-state index contributed by atoms with van der Waals surface area (Å²) in [5, 5.41) is -0.481. The van der Waals surface area contributed by atoms with Crippen molar-refractivity contribution in [1.82, 2.24) is 0 Å². The van der Waals surface area contributed by atoms with Crippen LogP contribution in [0.2, 0.25) is 5.02 Å². The molecule has 0 saturated carbocycles. The molecule has 1 aromatic carbocycles. The molecule has 0 saturated heterocycles. The molecule has 1 aromatic rings. The van der Waals surface area contributed by atoms with Crippen LogP contribution in [0, 0.1) is 0 Å². The Hall–Kier alpha value is -0.880. The Balaban J connectivity index is 3.04. The lowest BCUT2D eigenvalue weighted by atomic mass is 10.0. The van der Waals surface area contributed by atoms with Gasteiger partial charge in [-0.05, 0) is 17.7 Å². The number of benzene rings is 1. The van der Waals surface area contributed by atoms with Crippen molar-refractivity contribution in [3.8, 4) is 0 Å². The van der Waals surface area contributed by atoms with Crippen LogP contribution in [0.3, 0.4) is 0 Å². The Labute approximate surface area is 99.4 Å². The van der Waals surface area contributed by atoms with Crippen molar-refractivity contribution in [2.24, 2.45) is 5.73 Å². The topological polar surface area (TPSA) is 26.0 Å². The largest absolute Gasteiger partial charge is 0.417 e. The lowest BCUT2D eigenvalue weighted by Gasteiger charge is -2.15. The summed E-state index contributed by atoms with van der Waals surface area (Å²) in [7, 11) is 0. The van der Waals surface area contributed by atoms with Crippen LogP contribution in [0.25, 0.3) is 0 Å². The molecule has 0 aliphatic carbocycles. The zero-order valence-electron chi connectivity index (χ0n) is 8.44. The molecule has 0 heterocycles. The van der Waals surface area contributed by atoms with Gasteiger partial charge in [-0.25, -0.2) is 8.78 Å². The van der Waals surface area contributed by atoms with Crippen LogP contribution in [0.4, 0.5) is 22.0 Å². The Morgan fingerprint density at radius 3 is 2.29 bits per heavy atom. The summed E-state index contributed by atoms with van der Waals surface area (Å²) in [6.45, 7) is 0. The highest BCUT2D eigenvalue weighted by molar-refractivity contribution is 6.31. The van der Waals surface area contributed by atoms with Crippen molar-refractivity contribution in [1.29, 1.82) is 0 Å². The minimum Gasteiger partial charge on any atom is -0.324 e. The number of alkyl halides is 5. The Bertz CT molecular complexity index is 391. The van der Waals surface area contributed by atoms with Gasteiger partial charge >= 0.3 is 6.18 Å². The molecule has 0 fully saturated rings. The standard InChI is InChI=1S/C10H9ClF5N/c11-7-2-1-5(8(17)4-9(12)13)3-6(7)10(14,15)16/h1-3,8-9H,4,17H2/t8-/m0/s1. The summed E-state index contributed by atoms with van der Waals surface area (Å²) in [6.07, 6.45) is -7.99. The predicted molar refractivity (Wildman–Crippen MR) is 54.0 cm³/mol. The number of nitrogens with two attached hydrogens (primary N) is 1.